The van der Waals surface area contributed by atoms with Crippen molar-refractivity contribution in [1.82, 2.24) is 4.90 Å². The van der Waals surface area contributed by atoms with Gasteiger partial charge < -0.3 is 4.74 Å². The SMILES string of the molecule is C/C=C1\CN2CCC34c5ccccc5N(C(=O)OC)[C@H]3[C@H]1C=C[C@H]24. The number of para-hydroxylation sites is 1. The summed E-state index contributed by atoms with van der Waals surface area (Å²) in [6, 6.07) is 8.91. The van der Waals surface area contributed by atoms with Crippen molar-refractivity contribution >= 4 is 11.8 Å². The zero-order valence-electron chi connectivity index (χ0n) is 14.1. The monoisotopic (exact) mass is 322 g/mol. The number of allylic oxidation sites excluding steroid dienone is 1. The lowest BCUT2D eigenvalue weighted by Gasteiger charge is -2.43. The van der Waals surface area contributed by atoms with Gasteiger partial charge in [-0.25, -0.2) is 4.79 Å². The summed E-state index contributed by atoms with van der Waals surface area (Å²) in [6.07, 6.45) is 7.83. The molecule has 2 unspecified atom stereocenters. The maximum Gasteiger partial charge on any atom is 0.414 e. The molecule has 6 rings (SSSR count). The van der Waals surface area contributed by atoms with Gasteiger partial charge in [-0.3, -0.25) is 9.80 Å². The van der Waals surface area contributed by atoms with Crippen LogP contribution in [-0.2, 0) is 10.2 Å². The number of fused-ring (bicyclic) bond motifs is 2. The van der Waals surface area contributed by atoms with Gasteiger partial charge in [0.05, 0.1) is 18.8 Å². The van der Waals surface area contributed by atoms with Crippen molar-refractivity contribution < 1.29 is 9.53 Å². The van der Waals surface area contributed by atoms with Crippen molar-refractivity contribution in [2.75, 3.05) is 25.1 Å². The highest BCUT2D eigenvalue weighted by atomic mass is 16.5. The van der Waals surface area contributed by atoms with Crippen LogP contribution in [0.25, 0.3) is 0 Å². The maximum absolute atomic E-state index is 12.7. The van der Waals surface area contributed by atoms with E-state index < -0.39 is 0 Å². The molecule has 0 radical (unpaired) electrons. The molecule has 4 heteroatoms. The van der Waals surface area contributed by atoms with Crippen LogP contribution >= 0.6 is 0 Å². The average molecular weight is 322 g/mol. The Morgan fingerprint density at radius 2 is 2.17 bits per heavy atom. The predicted octanol–water partition coefficient (Wildman–Crippen LogP) is 3.10. The summed E-state index contributed by atoms with van der Waals surface area (Å²) in [5.41, 5.74) is 3.77. The van der Waals surface area contributed by atoms with Crippen LogP contribution in [0.1, 0.15) is 18.9 Å². The summed E-state index contributed by atoms with van der Waals surface area (Å²) in [5.74, 6) is 0.267. The Labute approximate surface area is 142 Å². The summed E-state index contributed by atoms with van der Waals surface area (Å²) in [5, 5.41) is 0. The second-order valence-electron chi connectivity index (χ2n) is 7.28. The van der Waals surface area contributed by atoms with Crippen LogP contribution in [0, 0.1) is 5.92 Å². The summed E-state index contributed by atoms with van der Waals surface area (Å²) in [4.78, 5) is 17.3. The molecular formula is C20H22N2O2. The molecule has 1 aromatic carbocycles. The molecule has 1 amide bonds. The van der Waals surface area contributed by atoms with Gasteiger partial charge in [-0.1, -0.05) is 42.0 Å². The predicted molar refractivity (Wildman–Crippen MR) is 93.2 cm³/mol. The number of rotatable bonds is 0. The van der Waals surface area contributed by atoms with E-state index in [-0.39, 0.29) is 23.5 Å². The minimum absolute atomic E-state index is 0.00500. The van der Waals surface area contributed by atoms with E-state index in [2.05, 4.69) is 48.3 Å². The summed E-state index contributed by atoms with van der Waals surface area (Å²) < 4.78 is 5.19. The lowest BCUT2D eigenvalue weighted by molar-refractivity contribution is 0.168. The normalized spacial score (nSPS) is 39.8. The molecule has 1 aliphatic carbocycles. The minimum atomic E-state index is -0.237. The number of hydrogen-bond acceptors (Lipinski definition) is 3. The number of anilines is 1. The standard InChI is InChI=1S/C20H22N2O2/c1-3-13-12-21-11-10-20-15-6-4-5-7-16(15)22(19(23)24-2)18(20)14(13)8-9-17(20)21/h3-9,14,17-18H,10-12H2,1-2H3/b13-3+/t14-,17-,18-,20?/m0/s1. The molecule has 2 fully saturated rings. The van der Waals surface area contributed by atoms with Crippen molar-refractivity contribution in [2.45, 2.75) is 30.8 Å². The molecule has 4 heterocycles. The van der Waals surface area contributed by atoms with E-state index in [4.69, 9.17) is 4.74 Å². The number of nitrogens with zero attached hydrogens (tertiary/aromatic N) is 2. The molecule has 4 nitrogen and oxygen atoms in total. The van der Waals surface area contributed by atoms with E-state index in [0.29, 0.717) is 6.04 Å². The minimum Gasteiger partial charge on any atom is -0.452 e. The number of ether oxygens (including phenoxy) is 1. The zero-order valence-corrected chi connectivity index (χ0v) is 14.1. The van der Waals surface area contributed by atoms with Crippen molar-refractivity contribution in [1.29, 1.82) is 0 Å². The van der Waals surface area contributed by atoms with Crippen molar-refractivity contribution in [3.05, 3.63) is 53.6 Å². The third-order valence-corrected chi connectivity index (χ3v) is 6.60. The number of benzene rings is 1. The Kier molecular flexibility index (Phi) is 2.82. The Balaban J connectivity index is 1.81. The first kappa shape index (κ1) is 14.3. The number of carbonyl (C=O) groups excluding carboxylic acids is 1. The Morgan fingerprint density at radius 3 is 2.96 bits per heavy atom. The Hall–Kier alpha value is -2.07. The third kappa shape index (κ3) is 1.46. The van der Waals surface area contributed by atoms with Crippen molar-refractivity contribution in [3.63, 3.8) is 0 Å². The van der Waals surface area contributed by atoms with Gasteiger partial charge >= 0.3 is 6.09 Å². The Morgan fingerprint density at radius 1 is 1.33 bits per heavy atom. The largest absolute Gasteiger partial charge is 0.452 e. The fraction of sp³-hybridized carbons (Fsp3) is 0.450. The van der Waals surface area contributed by atoms with Crippen LogP contribution < -0.4 is 4.90 Å². The van der Waals surface area contributed by atoms with Gasteiger partial charge in [0, 0.05) is 30.5 Å². The van der Waals surface area contributed by atoms with E-state index in [9.17, 15) is 4.79 Å². The van der Waals surface area contributed by atoms with Crippen LogP contribution in [0.15, 0.2) is 48.1 Å². The van der Waals surface area contributed by atoms with E-state index in [1.807, 2.05) is 11.0 Å². The summed E-state index contributed by atoms with van der Waals surface area (Å²) in [6.45, 7) is 4.21. The molecule has 5 aliphatic rings. The van der Waals surface area contributed by atoms with Crippen LogP contribution in [0.5, 0.6) is 0 Å². The van der Waals surface area contributed by atoms with Gasteiger partial charge in [0.15, 0.2) is 0 Å². The maximum atomic E-state index is 12.7. The average Bonchev–Trinajstić information content (AvgIpc) is 3.03. The van der Waals surface area contributed by atoms with Crippen molar-refractivity contribution in [2.24, 2.45) is 5.92 Å². The molecule has 0 N–H and O–H groups in total. The van der Waals surface area contributed by atoms with E-state index in [1.165, 1.54) is 18.2 Å². The second kappa shape index (κ2) is 4.73. The van der Waals surface area contributed by atoms with Gasteiger partial charge in [0.25, 0.3) is 0 Å². The van der Waals surface area contributed by atoms with Gasteiger partial charge in [0.1, 0.15) is 0 Å². The molecule has 4 bridgehead atoms. The summed E-state index contributed by atoms with van der Waals surface area (Å²) in [7, 11) is 1.48. The molecule has 24 heavy (non-hydrogen) atoms. The molecule has 2 saturated heterocycles. The zero-order chi connectivity index (χ0) is 16.5. The lowest BCUT2D eigenvalue weighted by atomic mass is 9.63. The molecular weight excluding hydrogens is 300 g/mol. The fourth-order valence-electron chi connectivity index (χ4n) is 5.72. The van der Waals surface area contributed by atoms with Crippen LogP contribution in [0.4, 0.5) is 10.5 Å². The molecule has 5 atom stereocenters. The Bertz CT molecular complexity index is 784. The van der Waals surface area contributed by atoms with Gasteiger partial charge in [0.2, 0.25) is 0 Å². The van der Waals surface area contributed by atoms with Gasteiger partial charge in [-0.2, -0.15) is 0 Å². The lowest BCUT2D eigenvalue weighted by Crippen LogP contribution is -2.56. The van der Waals surface area contributed by atoms with Crippen LogP contribution in [-0.4, -0.2) is 43.3 Å². The first-order chi connectivity index (χ1) is 11.7. The van der Waals surface area contributed by atoms with Crippen LogP contribution in [0.2, 0.25) is 0 Å². The van der Waals surface area contributed by atoms with E-state index in [0.717, 1.165) is 25.2 Å². The highest BCUT2D eigenvalue weighted by molar-refractivity contribution is 5.93. The fourth-order valence-corrected chi connectivity index (χ4v) is 5.72. The quantitative estimate of drug-likeness (QED) is 0.688. The van der Waals surface area contributed by atoms with Gasteiger partial charge in [-0.05, 0) is 25.0 Å². The topological polar surface area (TPSA) is 32.8 Å². The third-order valence-electron chi connectivity index (χ3n) is 6.60. The first-order valence-corrected chi connectivity index (χ1v) is 8.76. The number of hydrogen-bond donors (Lipinski definition) is 0. The molecule has 124 valence electrons. The molecule has 0 saturated carbocycles. The number of amides is 1. The van der Waals surface area contributed by atoms with Gasteiger partial charge in [-0.15, -0.1) is 0 Å². The van der Waals surface area contributed by atoms with E-state index in [1.54, 1.807) is 0 Å². The molecule has 4 aliphatic heterocycles. The number of carbonyl (C=O) groups is 1. The summed E-state index contributed by atoms with van der Waals surface area (Å²) >= 11 is 0. The smallest absolute Gasteiger partial charge is 0.414 e. The number of methoxy groups -OCH3 is 1. The first-order valence-electron chi connectivity index (χ1n) is 8.76. The highest BCUT2D eigenvalue weighted by Gasteiger charge is 2.65. The van der Waals surface area contributed by atoms with E-state index >= 15 is 0 Å². The molecule has 1 aromatic rings. The second-order valence-corrected chi connectivity index (χ2v) is 7.28. The molecule has 1 spiro atoms. The highest BCUT2D eigenvalue weighted by Crippen LogP contribution is 2.60. The van der Waals surface area contributed by atoms with Crippen molar-refractivity contribution in [3.8, 4) is 0 Å². The molecule has 0 aromatic heterocycles. The van der Waals surface area contributed by atoms with Crippen LogP contribution in [0.3, 0.4) is 0 Å².